The maximum absolute atomic E-state index is 9.08. The molecule has 1 aliphatic carbocycles. The fourth-order valence-corrected chi connectivity index (χ4v) is 1.61. The summed E-state index contributed by atoms with van der Waals surface area (Å²) in [6.07, 6.45) is 8.11. The van der Waals surface area contributed by atoms with Crippen molar-refractivity contribution in [2.24, 2.45) is 0 Å². The number of aliphatic hydroxyl groups excluding tert-OH is 1. The van der Waals surface area contributed by atoms with Gasteiger partial charge in [0.2, 0.25) is 0 Å². The van der Waals surface area contributed by atoms with E-state index in [2.05, 4.69) is 11.5 Å². The van der Waals surface area contributed by atoms with E-state index in [1.165, 1.54) is 5.57 Å². The lowest BCUT2D eigenvalue weighted by Gasteiger charge is -2.15. The normalized spacial score (nSPS) is 26.8. The number of hydrazine groups is 1. The molecule has 0 spiro atoms. The Morgan fingerprint density at radius 1 is 1.58 bits per heavy atom. The van der Waals surface area contributed by atoms with E-state index >= 15 is 0 Å². The van der Waals surface area contributed by atoms with Crippen LogP contribution in [0.5, 0.6) is 0 Å². The van der Waals surface area contributed by atoms with E-state index in [1.807, 2.05) is 30.3 Å². The highest BCUT2D eigenvalue weighted by Gasteiger charge is 2.25. The monoisotopic (exact) mass is 164 g/mol. The van der Waals surface area contributed by atoms with Gasteiger partial charge in [0, 0.05) is 7.05 Å². The van der Waals surface area contributed by atoms with Gasteiger partial charge in [-0.15, -0.1) is 0 Å². The van der Waals surface area contributed by atoms with E-state index in [4.69, 9.17) is 5.11 Å². The van der Waals surface area contributed by atoms with Gasteiger partial charge in [0.15, 0.2) is 0 Å². The van der Waals surface area contributed by atoms with Gasteiger partial charge in [-0.2, -0.15) is 0 Å². The average molecular weight is 164 g/mol. The maximum atomic E-state index is 9.08. The second-order valence-corrected chi connectivity index (χ2v) is 2.97. The number of nitrogens with one attached hydrogen (secondary N) is 1. The predicted octanol–water partition coefficient (Wildman–Crippen LogP) is 0.177. The highest BCUT2D eigenvalue weighted by molar-refractivity contribution is 5.42. The number of fused-ring (bicyclic) bond motifs is 1. The Kier molecular flexibility index (Phi) is 1.75. The number of nitrogens with zero attached hydrogens (tertiary/aromatic N) is 1. The molecule has 0 aromatic rings. The molecule has 2 aliphatic rings. The van der Waals surface area contributed by atoms with Crippen LogP contribution in [0.25, 0.3) is 0 Å². The molecule has 0 aromatic carbocycles. The third-order valence-electron chi connectivity index (χ3n) is 2.25. The minimum atomic E-state index is 0.0908. The van der Waals surface area contributed by atoms with Gasteiger partial charge in [-0.3, -0.25) is 0 Å². The lowest BCUT2D eigenvalue weighted by Crippen LogP contribution is -2.34. The molecule has 12 heavy (non-hydrogen) atoms. The van der Waals surface area contributed by atoms with Crippen LogP contribution < -0.4 is 5.43 Å². The van der Waals surface area contributed by atoms with Gasteiger partial charge >= 0.3 is 0 Å². The maximum Gasteiger partial charge on any atom is 0.0847 e. The van der Waals surface area contributed by atoms with Crippen LogP contribution in [0, 0.1) is 0 Å². The quantitative estimate of drug-likeness (QED) is 0.580. The summed E-state index contributed by atoms with van der Waals surface area (Å²) in [7, 11) is 1.92. The Morgan fingerprint density at radius 2 is 2.42 bits per heavy atom. The predicted molar refractivity (Wildman–Crippen MR) is 47.1 cm³/mol. The van der Waals surface area contributed by atoms with Gasteiger partial charge in [0.05, 0.1) is 18.3 Å². The van der Waals surface area contributed by atoms with Crippen molar-refractivity contribution in [2.45, 2.75) is 6.04 Å². The zero-order valence-electron chi connectivity index (χ0n) is 6.99. The summed E-state index contributed by atoms with van der Waals surface area (Å²) in [6.45, 7) is 0.0908. The van der Waals surface area contributed by atoms with Crippen molar-refractivity contribution in [1.82, 2.24) is 10.4 Å². The molecule has 0 fully saturated rings. The number of hydrogen-bond donors (Lipinski definition) is 2. The van der Waals surface area contributed by atoms with Gasteiger partial charge in [-0.1, -0.05) is 24.3 Å². The van der Waals surface area contributed by atoms with Crippen LogP contribution in [-0.2, 0) is 0 Å². The molecule has 1 unspecified atom stereocenters. The summed E-state index contributed by atoms with van der Waals surface area (Å²) < 4.78 is 0. The molecule has 2 N–H and O–H groups in total. The van der Waals surface area contributed by atoms with E-state index < -0.39 is 0 Å². The van der Waals surface area contributed by atoms with Crippen molar-refractivity contribution < 1.29 is 5.11 Å². The van der Waals surface area contributed by atoms with Gasteiger partial charge < -0.3 is 10.1 Å². The van der Waals surface area contributed by atoms with E-state index in [1.54, 1.807) is 0 Å². The molecule has 3 heteroatoms. The molecule has 3 nitrogen and oxygen atoms in total. The third kappa shape index (κ3) is 0.983. The Labute approximate surface area is 71.7 Å². The Bertz CT molecular complexity index is 278. The average Bonchev–Trinajstić information content (AvgIpc) is 2.40. The molecule has 0 amide bonds. The topological polar surface area (TPSA) is 35.5 Å². The zero-order valence-corrected chi connectivity index (χ0v) is 6.99. The Hall–Kier alpha value is -1.06. The number of likely N-dealkylation sites (N-methyl/N-ethyl adjacent to an activating group) is 1. The smallest absolute Gasteiger partial charge is 0.0847 e. The summed E-state index contributed by atoms with van der Waals surface area (Å²) in [5.41, 5.74) is 5.35. The molecular formula is C9H12N2O. The molecular weight excluding hydrogens is 152 g/mol. The minimum absolute atomic E-state index is 0.0908. The fourth-order valence-electron chi connectivity index (χ4n) is 1.61. The SMILES string of the molecule is CN1NC2C=CC=CC2=C1CO. The molecule has 0 radical (unpaired) electrons. The highest BCUT2D eigenvalue weighted by atomic mass is 16.3. The summed E-state index contributed by atoms with van der Waals surface area (Å²) in [6, 6.07) is 0.252. The van der Waals surface area contributed by atoms with E-state index in [0.29, 0.717) is 0 Å². The first kappa shape index (κ1) is 7.58. The Balaban J connectivity index is 2.37. The van der Waals surface area contributed by atoms with Crippen molar-refractivity contribution in [3.63, 3.8) is 0 Å². The number of hydrogen-bond acceptors (Lipinski definition) is 3. The van der Waals surface area contributed by atoms with Gasteiger partial charge in [-0.05, 0) is 5.57 Å². The fraction of sp³-hybridized carbons (Fsp3) is 0.333. The molecule has 64 valence electrons. The zero-order chi connectivity index (χ0) is 8.55. The Morgan fingerprint density at radius 3 is 3.17 bits per heavy atom. The van der Waals surface area contributed by atoms with Crippen molar-refractivity contribution in [1.29, 1.82) is 0 Å². The molecule has 0 saturated heterocycles. The first-order valence-electron chi connectivity index (χ1n) is 4.01. The second kappa shape index (κ2) is 2.77. The summed E-state index contributed by atoms with van der Waals surface area (Å²) in [5.74, 6) is 0. The van der Waals surface area contributed by atoms with Crippen molar-refractivity contribution in [3.8, 4) is 0 Å². The summed E-state index contributed by atoms with van der Waals surface area (Å²) >= 11 is 0. The van der Waals surface area contributed by atoms with E-state index in [9.17, 15) is 0 Å². The highest BCUT2D eigenvalue weighted by Crippen LogP contribution is 2.23. The van der Waals surface area contributed by atoms with Crippen molar-refractivity contribution >= 4 is 0 Å². The van der Waals surface area contributed by atoms with Crippen LogP contribution in [0.4, 0.5) is 0 Å². The largest absolute Gasteiger partial charge is 0.390 e. The first-order valence-corrected chi connectivity index (χ1v) is 4.01. The van der Waals surface area contributed by atoms with Crippen LogP contribution in [0.2, 0.25) is 0 Å². The molecule has 0 bridgehead atoms. The molecule has 2 rings (SSSR count). The summed E-state index contributed by atoms with van der Waals surface area (Å²) in [5, 5.41) is 11.0. The van der Waals surface area contributed by atoms with Crippen molar-refractivity contribution in [2.75, 3.05) is 13.7 Å². The third-order valence-corrected chi connectivity index (χ3v) is 2.25. The second-order valence-electron chi connectivity index (χ2n) is 2.97. The molecule has 0 aromatic heterocycles. The van der Waals surface area contributed by atoms with Crippen LogP contribution >= 0.6 is 0 Å². The standard InChI is InChI=1S/C9H12N2O/c1-11-9(6-12)7-4-2-3-5-8(7)10-11/h2-5,8,10,12H,6H2,1H3. The van der Waals surface area contributed by atoms with Gasteiger partial charge in [0.1, 0.15) is 0 Å². The van der Waals surface area contributed by atoms with Crippen LogP contribution in [0.15, 0.2) is 35.6 Å². The van der Waals surface area contributed by atoms with Crippen molar-refractivity contribution in [3.05, 3.63) is 35.6 Å². The van der Waals surface area contributed by atoms with Crippen LogP contribution in [0.1, 0.15) is 0 Å². The molecule has 1 atom stereocenters. The van der Waals surface area contributed by atoms with Crippen LogP contribution in [-0.4, -0.2) is 29.8 Å². The van der Waals surface area contributed by atoms with E-state index in [0.717, 1.165) is 5.70 Å². The minimum Gasteiger partial charge on any atom is -0.390 e. The van der Waals surface area contributed by atoms with Gasteiger partial charge in [-0.25, -0.2) is 5.43 Å². The van der Waals surface area contributed by atoms with E-state index in [-0.39, 0.29) is 12.6 Å². The molecule has 1 heterocycles. The first-order chi connectivity index (χ1) is 5.83. The molecule has 1 aliphatic heterocycles. The number of aliphatic hydroxyl groups is 1. The summed E-state index contributed by atoms with van der Waals surface area (Å²) in [4.78, 5) is 0. The van der Waals surface area contributed by atoms with Gasteiger partial charge in [0.25, 0.3) is 0 Å². The number of rotatable bonds is 1. The lowest BCUT2D eigenvalue weighted by molar-refractivity contribution is 0.248. The number of allylic oxidation sites excluding steroid dienone is 2. The van der Waals surface area contributed by atoms with Crippen LogP contribution in [0.3, 0.4) is 0 Å². The molecule has 0 saturated carbocycles. The lowest BCUT2D eigenvalue weighted by atomic mass is 10.0.